The summed E-state index contributed by atoms with van der Waals surface area (Å²) in [5, 5.41) is 6.25. The lowest BCUT2D eigenvalue weighted by Crippen LogP contribution is -2.26. The molecule has 5 nitrogen and oxygen atoms in total. The van der Waals surface area contributed by atoms with E-state index in [1.165, 1.54) is 0 Å². The Labute approximate surface area is 142 Å². The van der Waals surface area contributed by atoms with Crippen LogP contribution in [0.15, 0.2) is 36.7 Å². The maximum absolute atomic E-state index is 12.3. The molecule has 0 radical (unpaired) electrons. The lowest BCUT2D eigenvalue weighted by molar-refractivity contribution is -0.142. The normalized spacial score (nSPS) is 14.8. The topological polar surface area (TPSA) is 56.1 Å². The Morgan fingerprint density at radius 3 is 2.76 bits per heavy atom. The first kappa shape index (κ1) is 17.3. The molecule has 1 saturated carbocycles. The molecule has 0 aliphatic heterocycles. The number of rotatable bonds is 6. The SMILES string of the molecule is O=C(NCc1ccccc1OC1CCC1)c1cnn(CC(F)(F)F)c1. The second-order valence-electron chi connectivity index (χ2n) is 6.00. The van der Waals surface area contributed by atoms with Crippen LogP contribution in [0, 0.1) is 0 Å². The van der Waals surface area contributed by atoms with Crippen molar-refractivity contribution in [1.29, 1.82) is 0 Å². The average molecular weight is 353 g/mol. The van der Waals surface area contributed by atoms with Gasteiger partial charge in [0.2, 0.25) is 0 Å². The number of para-hydroxylation sites is 1. The van der Waals surface area contributed by atoms with Crippen LogP contribution in [-0.4, -0.2) is 28.0 Å². The van der Waals surface area contributed by atoms with Gasteiger partial charge in [-0.05, 0) is 25.3 Å². The van der Waals surface area contributed by atoms with Crippen LogP contribution in [0.1, 0.15) is 35.2 Å². The first-order chi connectivity index (χ1) is 11.9. The third-order valence-electron chi connectivity index (χ3n) is 3.99. The summed E-state index contributed by atoms with van der Waals surface area (Å²) in [7, 11) is 0. The molecule has 1 aromatic heterocycles. The van der Waals surface area contributed by atoms with Gasteiger partial charge < -0.3 is 10.1 Å². The summed E-state index contributed by atoms with van der Waals surface area (Å²) in [5.41, 5.74) is 0.909. The van der Waals surface area contributed by atoms with Crippen molar-refractivity contribution in [2.45, 2.75) is 44.6 Å². The fourth-order valence-corrected chi connectivity index (χ4v) is 2.46. The summed E-state index contributed by atoms with van der Waals surface area (Å²) >= 11 is 0. The minimum absolute atomic E-state index is 0.0849. The maximum atomic E-state index is 12.3. The van der Waals surface area contributed by atoms with Gasteiger partial charge in [-0.15, -0.1) is 0 Å². The molecule has 0 atom stereocenters. The molecule has 1 aromatic carbocycles. The Bertz CT molecular complexity index is 739. The summed E-state index contributed by atoms with van der Waals surface area (Å²) in [6, 6.07) is 7.40. The molecule has 2 aromatic rings. The van der Waals surface area contributed by atoms with Crippen molar-refractivity contribution in [1.82, 2.24) is 15.1 Å². The molecule has 8 heteroatoms. The molecule has 3 rings (SSSR count). The molecule has 134 valence electrons. The van der Waals surface area contributed by atoms with Gasteiger partial charge in [0.05, 0.1) is 17.9 Å². The van der Waals surface area contributed by atoms with Crippen LogP contribution in [0.25, 0.3) is 0 Å². The van der Waals surface area contributed by atoms with Crippen molar-refractivity contribution in [3.05, 3.63) is 47.8 Å². The Morgan fingerprint density at radius 1 is 1.32 bits per heavy atom. The summed E-state index contributed by atoms with van der Waals surface area (Å²) < 4.78 is 43.6. The number of nitrogens with zero attached hydrogens (tertiary/aromatic N) is 2. The van der Waals surface area contributed by atoms with Crippen molar-refractivity contribution >= 4 is 5.91 Å². The highest BCUT2D eigenvalue weighted by atomic mass is 19.4. The van der Waals surface area contributed by atoms with E-state index in [-0.39, 0.29) is 18.2 Å². The molecule has 0 bridgehead atoms. The highest BCUT2D eigenvalue weighted by molar-refractivity contribution is 5.93. The van der Waals surface area contributed by atoms with E-state index in [1.54, 1.807) is 0 Å². The van der Waals surface area contributed by atoms with E-state index in [4.69, 9.17) is 4.74 Å². The summed E-state index contributed by atoms with van der Waals surface area (Å²) in [5.74, 6) is 0.243. The lowest BCUT2D eigenvalue weighted by Gasteiger charge is -2.27. The first-order valence-corrected chi connectivity index (χ1v) is 8.03. The van der Waals surface area contributed by atoms with Crippen LogP contribution in [0.5, 0.6) is 5.75 Å². The number of alkyl halides is 3. The van der Waals surface area contributed by atoms with Crippen LogP contribution in [-0.2, 0) is 13.1 Å². The van der Waals surface area contributed by atoms with E-state index in [0.29, 0.717) is 4.68 Å². The van der Waals surface area contributed by atoms with Gasteiger partial charge in [0.15, 0.2) is 0 Å². The minimum Gasteiger partial charge on any atom is -0.490 e. The largest absolute Gasteiger partial charge is 0.490 e. The zero-order valence-electron chi connectivity index (χ0n) is 13.4. The van der Waals surface area contributed by atoms with Crippen molar-refractivity contribution in [2.75, 3.05) is 0 Å². The van der Waals surface area contributed by atoms with Crippen LogP contribution >= 0.6 is 0 Å². The number of ether oxygens (including phenoxy) is 1. The molecule has 1 N–H and O–H groups in total. The van der Waals surface area contributed by atoms with Gasteiger partial charge in [-0.1, -0.05) is 18.2 Å². The molecule has 0 saturated heterocycles. The number of nitrogens with one attached hydrogen (secondary N) is 1. The molecule has 1 fully saturated rings. The summed E-state index contributed by atoms with van der Waals surface area (Å²) in [6.07, 6.45) is 1.26. The van der Waals surface area contributed by atoms with Crippen LogP contribution in [0.3, 0.4) is 0 Å². The van der Waals surface area contributed by atoms with Gasteiger partial charge >= 0.3 is 6.18 Å². The van der Waals surface area contributed by atoms with Crippen molar-refractivity contribution in [3.8, 4) is 5.75 Å². The number of carbonyl (C=O) groups excluding carboxylic acids is 1. The molecule has 1 amide bonds. The summed E-state index contributed by atoms with van der Waals surface area (Å²) in [6.45, 7) is -0.996. The van der Waals surface area contributed by atoms with E-state index in [0.717, 1.165) is 43.0 Å². The number of halogens is 3. The van der Waals surface area contributed by atoms with Crippen molar-refractivity contribution in [3.63, 3.8) is 0 Å². The number of amides is 1. The third kappa shape index (κ3) is 4.74. The van der Waals surface area contributed by atoms with Crippen LogP contribution in [0.2, 0.25) is 0 Å². The third-order valence-corrected chi connectivity index (χ3v) is 3.99. The van der Waals surface area contributed by atoms with Crippen molar-refractivity contribution in [2.24, 2.45) is 0 Å². The molecule has 25 heavy (non-hydrogen) atoms. The molecule has 1 aliphatic rings. The average Bonchev–Trinajstić information content (AvgIpc) is 2.96. The Morgan fingerprint density at radius 2 is 2.08 bits per heavy atom. The molecule has 0 unspecified atom stereocenters. The second-order valence-corrected chi connectivity index (χ2v) is 6.00. The zero-order valence-corrected chi connectivity index (χ0v) is 13.4. The van der Waals surface area contributed by atoms with Gasteiger partial charge in [0.25, 0.3) is 5.91 Å². The predicted octanol–water partition coefficient (Wildman–Crippen LogP) is 3.31. The fraction of sp³-hybridized carbons (Fsp3) is 0.412. The molecule has 1 heterocycles. The monoisotopic (exact) mass is 353 g/mol. The van der Waals surface area contributed by atoms with Gasteiger partial charge in [-0.3, -0.25) is 9.48 Å². The predicted molar refractivity (Wildman–Crippen MR) is 84.2 cm³/mol. The maximum Gasteiger partial charge on any atom is 0.408 e. The number of hydrogen-bond acceptors (Lipinski definition) is 3. The minimum atomic E-state index is -4.38. The van der Waals surface area contributed by atoms with E-state index in [1.807, 2.05) is 24.3 Å². The number of benzene rings is 1. The van der Waals surface area contributed by atoms with E-state index < -0.39 is 18.6 Å². The van der Waals surface area contributed by atoms with Gasteiger partial charge in [0, 0.05) is 18.3 Å². The fourth-order valence-electron chi connectivity index (χ4n) is 2.46. The van der Waals surface area contributed by atoms with E-state index in [9.17, 15) is 18.0 Å². The Kier molecular flexibility index (Phi) is 4.96. The van der Waals surface area contributed by atoms with Gasteiger partial charge in [-0.2, -0.15) is 18.3 Å². The van der Waals surface area contributed by atoms with Crippen LogP contribution in [0.4, 0.5) is 13.2 Å². The second kappa shape index (κ2) is 7.16. The number of carbonyl (C=O) groups is 1. The first-order valence-electron chi connectivity index (χ1n) is 8.03. The quantitative estimate of drug-likeness (QED) is 0.867. The zero-order chi connectivity index (χ0) is 17.9. The number of aromatic nitrogens is 2. The van der Waals surface area contributed by atoms with Crippen molar-refractivity contribution < 1.29 is 22.7 Å². The molecular weight excluding hydrogens is 335 g/mol. The molecule has 1 aliphatic carbocycles. The standard InChI is InChI=1S/C17H18F3N3O2/c18-17(19,20)11-23-10-13(9-22-23)16(24)21-8-12-4-1-2-7-15(12)25-14-5-3-6-14/h1-2,4,7,9-10,14H,3,5-6,8,11H2,(H,21,24). The summed E-state index contributed by atoms with van der Waals surface area (Å²) in [4.78, 5) is 12.1. The van der Waals surface area contributed by atoms with Gasteiger partial charge in [-0.25, -0.2) is 0 Å². The smallest absolute Gasteiger partial charge is 0.408 e. The Balaban J connectivity index is 1.59. The highest BCUT2D eigenvalue weighted by Gasteiger charge is 2.28. The van der Waals surface area contributed by atoms with E-state index >= 15 is 0 Å². The molecular formula is C17H18F3N3O2. The highest BCUT2D eigenvalue weighted by Crippen LogP contribution is 2.27. The number of hydrogen-bond donors (Lipinski definition) is 1. The van der Waals surface area contributed by atoms with Gasteiger partial charge in [0.1, 0.15) is 12.3 Å². The molecule has 0 spiro atoms. The van der Waals surface area contributed by atoms with E-state index in [2.05, 4.69) is 10.4 Å². The van der Waals surface area contributed by atoms with Crippen LogP contribution < -0.4 is 10.1 Å². The lowest BCUT2D eigenvalue weighted by atomic mass is 9.96. The Hall–Kier alpha value is -2.51.